The fraction of sp³-hybridized carbons (Fsp3) is 0.286. The smallest absolute Gasteiger partial charge is 0.0663 e. The van der Waals surface area contributed by atoms with Gasteiger partial charge in [0.25, 0.3) is 0 Å². The molecule has 0 aliphatic carbocycles. The molecule has 18 heavy (non-hydrogen) atoms. The van der Waals surface area contributed by atoms with E-state index in [4.69, 9.17) is 17.3 Å². The van der Waals surface area contributed by atoms with Gasteiger partial charge in [-0.05, 0) is 54.5 Å². The second kappa shape index (κ2) is 5.33. The van der Waals surface area contributed by atoms with Crippen LogP contribution in [0.5, 0.6) is 0 Å². The van der Waals surface area contributed by atoms with Crippen LogP contribution in [0.4, 0.5) is 0 Å². The molecule has 1 aromatic carbocycles. The predicted octanol–water partition coefficient (Wildman–Crippen LogP) is 5.14. The number of halogens is 2. The molecule has 0 aliphatic heterocycles. The number of nitrogens with two attached hydrogens (primary N) is 1. The lowest BCUT2D eigenvalue weighted by molar-refractivity contribution is 0.879. The normalized spacial score (nSPS) is 12.8. The maximum absolute atomic E-state index is 6.36. The predicted molar refractivity (Wildman–Crippen MR) is 83.7 cm³/mol. The molecule has 1 aromatic heterocycles. The first kappa shape index (κ1) is 14.1. The molecule has 1 unspecified atom stereocenters. The molecule has 0 bridgehead atoms. The molecule has 1 heterocycles. The monoisotopic (exact) mass is 343 g/mol. The summed E-state index contributed by atoms with van der Waals surface area (Å²) in [4.78, 5) is 1.04. The van der Waals surface area contributed by atoms with E-state index in [9.17, 15) is 0 Å². The van der Waals surface area contributed by atoms with Crippen molar-refractivity contribution in [2.24, 2.45) is 5.73 Å². The lowest BCUT2D eigenvalue weighted by Gasteiger charge is -2.16. The summed E-state index contributed by atoms with van der Waals surface area (Å²) in [5, 5.41) is 2.85. The van der Waals surface area contributed by atoms with Crippen LogP contribution in [0, 0.1) is 20.8 Å². The van der Waals surface area contributed by atoms with E-state index in [1.165, 1.54) is 11.1 Å². The van der Waals surface area contributed by atoms with Gasteiger partial charge in [0.2, 0.25) is 0 Å². The van der Waals surface area contributed by atoms with E-state index in [1.807, 2.05) is 6.92 Å². The Bertz CT molecular complexity index is 592. The summed E-state index contributed by atoms with van der Waals surface area (Å²) in [5.74, 6) is 0. The van der Waals surface area contributed by atoms with Gasteiger partial charge in [0.1, 0.15) is 0 Å². The first-order valence-corrected chi connectivity index (χ1v) is 7.72. The molecular formula is C14H15BrClNS. The van der Waals surface area contributed by atoms with Crippen molar-refractivity contribution in [3.63, 3.8) is 0 Å². The molecule has 2 N–H and O–H groups in total. The highest BCUT2D eigenvalue weighted by Gasteiger charge is 2.18. The highest BCUT2D eigenvalue weighted by atomic mass is 79.9. The van der Waals surface area contributed by atoms with Crippen LogP contribution in [0.2, 0.25) is 5.02 Å². The molecule has 1 atom stereocenters. The summed E-state index contributed by atoms with van der Waals surface area (Å²) in [6, 6.07) is 4.09. The van der Waals surface area contributed by atoms with Gasteiger partial charge in [0, 0.05) is 9.35 Å². The maximum atomic E-state index is 6.36. The zero-order chi connectivity index (χ0) is 13.4. The molecule has 96 valence electrons. The Kier molecular flexibility index (Phi) is 4.17. The van der Waals surface area contributed by atoms with E-state index in [0.717, 1.165) is 25.5 Å². The molecule has 4 heteroatoms. The van der Waals surface area contributed by atoms with Crippen molar-refractivity contribution in [1.82, 2.24) is 0 Å². The van der Waals surface area contributed by atoms with Crippen molar-refractivity contribution < 1.29 is 0 Å². The van der Waals surface area contributed by atoms with E-state index in [2.05, 4.69) is 47.3 Å². The lowest BCUT2D eigenvalue weighted by atomic mass is 9.98. The second-order valence-electron chi connectivity index (χ2n) is 4.53. The zero-order valence-corrected chi connectivity index (χ0v) is 13.7. The Morgan fingerprint density at radius 3 is 2.39 bits per heavy atom. The van der Waals surface area contributed by atoms with Gasteiger partial charge in [-0.1, -0.05) is 33.6 Å². The van der Waals surface area contributed by atoms with Crippen LogP contribution in [0.25, 0.3) is 0 Å². The molecule has 0 spiro atoms. The summed E-state index contributed by atoms with van der Waals surface area (Å²) < 4.78 is 1.12. The van der Waals surface area contributed by atoms with Crippen LogP contribution in [0.15, 0.2) is 22.0 Å². The average molecular weight is 345 g/mol. The van der Waals surface area contributed by atoms with Crippen LogP contribution in [0.3, 0.4) is 0 Å². The summed E-state index contributed by atoms with van der Waals surface area (Å²) in [6.07, 6.45) is 0. The van der Waals surface area contributed by atoms with Gasteiger partial charge in [-0.25, -0.2) is 0 Å². The molecule has 1 nitrogen and oxygen atoms in total. The number of benzene rings is 1. The van der Waals surface area contributed by atoms with E-state index < -0.39 is 0 Å². The summed E-state index contributed by atoms with van der Waals surface area (Å²) in [5.41, 5.74) is 11.0. The Balaban J connectivity index is 2.49. The quantitative estimate of drug-likeness (QED) is 0.802. The number of hydrogen-bond acceptors (Lipinski definition) is 2. The molecule has 0 fully saturated rings. The first-order chi connectivity index (χ1) is 8.41. The van der Waals surface area contributed by atoms with Crippen LogP contribution in [-0.4, -0.2) is 0 Å². The summed E-state index contributed by atoms with van der Waals surface area (Å²) in [7, 11) is 0. The van der Waals surface area contributed by atoms with Crippen molar-refractivity contribution in [2.75, 3.05) is 0 Å². The van der Waals surface area contributed by atoms with Crippen molar-refractivity contribution >= 4 is 38.9 Å². The minimum atomic E-state index is -0.150. The molecule has 0 radical (unpaired) electrons. The number of hydrogen-bond donors (Lipinski definition) is 1. The highest BCUT2D eigenvalue weighted by Crippen LogP contribution is 2.36. The third kappa shape index (κ3) is 2.50. The Morgan fingerprint density at radius 2 is 1.83 bits per heavy atom. The Morgan fingerprint density at radius 1 is 1.17 bits per heavy atom. The third-order valence-electron chi connectivity index (χ3n) is 3.09. The summed E-state index contributed by atoms with van der Waals surface area (Å²) >= 11 is 11.5. The van der Waals surface area contributed by atoms with Crippen molar-refractivity contribution in [3.05, 3.63) is 54.1 Å². The fourth-order valence-electron chi connectivity index (χ4n) is 1.94. The van der Waals surface area contributed by atoms with E-state index >= 15 is 0 Å². The van der Waals surface area contributed by atoms with E-state index in [0.29, 0.717) is 0 Å². The SMILES string of the molecule is Cc1cc(C(N)c2scc(C)c2Cl)c(C)cc1Br. The lowest BCUT2D eigenvalue weighted by Crippen LogP contribution is -2.12. The number of aryl methyl sites for hydroxylation is 3. The van der Waals surface area contributed by atoms with Gasteiger partial charge in [0.05, 0.1) is 11.1 Å². The molecule has 2 rings (SSSR count). The third-order valence-corrected chi connectivity index (χ3v) is 5.74. The number of rotatable bonds is 2. The Labute approximate surface area is 125 Å². The molecule has 0 aliphatic rings. The molecular weight excluding hydrogens is 330 g/mol. The van der Waals surface area contributed by atoms with Gasteiger partial charge in [-0.3, -0.25) is 0 Å². The Hall–Kier alpha value is -0.350. The topological polar surface area (TPSA) is 26.0 Å². The molecule has 2 aromatic rings. The van der Waals surface area contributed by atoms with E-state index in [-0.39, 0.29) is 6.04 Å². The van der Waals surface area contributed by atoms with Gasteiger partial charge in [-0.2, -0.15) is 0 Å². The van der Waals surface area contributed by atoms with Gasteiger partial charge in [-0.15, -0.1) is 11.3 Å². The first-order valence-electron chi connectivity index (χ1n) is 5.67. The minimum absolute atomic E-state index is 0.150. The summed E-state index contributed by atoms with van der Waals surface area (Å²) in [6.45, 7) is 6.16. The van der Waals surface area contributed by atoms with Gasteiger partial charge >= 0.3 is 0 Å². The van der Waals surface area contributed by atoms with Crippen LogP contribution in [0.1, 0.15) is 33.2 Å². The zero-order valence-electron chi connectivity index (χ0n) is 10.6. The van der Waals surface area contributed by atoms with Crippen LogP contribution >= 0.6 is 38.9 Å². The van der Waals surface area contributed by atoms with Crippen molar-refractivity contribution in [3.8, 4) is 0 Å². The van der Waals surface area contributed by atoms with Crippen LogP contribution in [-0.2, 0) is 0 Å². The van der Waals surface area contributed by atoms with Crippen molar-refractivity contribution in [2.45, 2.75) is 26.8 Å². The molecule has 0 amide bonds. The number of thiophene rings is 1. The standard InChI is InChI=1S/C14H15BrClNS/c1-7-5-11(15)8(2)4-10(7)13(17)14-12(16)9(3)6-18-14/h4-6,13H,17H2,1-3H3. The average Bonchev–Trinajstić information content (AvgIpc) is 2.64. The maximum Gasteiger partial charge on any atom is 0.0663 e. The second-order valence-corrected chi connectivity index (χ2v) is 6.68. The highest BCUT2D eigenvalue weighted by molar-refractivity contribution is 9.10. The largest absolute Gasteiger partial charge is 0.320 e. The molecule has 0 saturated heterocycles. The minimum Gasteiger partial charge on any atom is -0.320 e. The fourth-order valence-corrected chi connectivity index (χ4v) is 3.73. The van der Waals surface area contributed by atoms with Crippen LogP contribution < -0.4 is 5.73 Å². The molecule has 0 saturated carbocycles. The van der Waals surface area contributed by atoms with Crippen molar-refractivity contribution in [1.29, 1.82) is 0 Å². The van der Waals surface area contributed by atoms with Gasteiger partial charge in [0.15, 0.2) is 0 Å². The van der Waals surface area contributed by atoms with Gasteiger partial charge < -0.3 is 5.73 Å². The van der Waals surface area contributed by atoms with E-state index in [1.54, 1.807) is 11.3 Å².